The number of aryl methyl sites for hydroxylation is 2. The van der Waals surface area contributed by atoms with E-state index in [1.807, 2.05) is 62.1 Å². The molecule has 0 unspecified atom stereocenters. The van der Waals surface area contributed by atoms with Gasteiger partial charge < -0.3 is 9.30 Å². The highest BCUT2D eigenvalue weighted by molar-refractivity contribution is 5.88. The number of esters is 1. The molecule has 0 saturated heterocycles. The fourth-order valence-electron chi connectivity index (χ4n) is 3.26. The average Bonchev–Trinajstić information content (AvgIpc) is 3.35. The number of hydrogen-bond donors (Lipinski definition) is 0. The summed E-state index contributed by atoms with van der Waals surface area (Å²) < 4.78 is 9.01. The van der Waals surface area contributed by atoms with E-state index in [-0.39, 0.29) is 6.61 Å². The van der Waals surface area contributed by atoms with Crippen LogP contribution in [0.4, 0.5) is 0 Å². The third-order valence-corrected chi connectivity index (χ3v) is 5.23. The van der Waals surface area contributed by atoms with E-state index in [1.165, 1.54) is 11.6 Å². The number of nitrogens with zero attached hydrogens (tertiary/aromatic N) is 5. The molecule has 0 aliphatic heterocycles. The Bertz CT molecular complexity index is 1240. The van der Waals surface area contributed by atoms with E-state index in [1.54, 1.807) is 10.6 Å². The van der Waals surface area contributed by atoms with Gasteiger partial charge in [-0.2, -0.15) is 5.10 Å². The van der Waals surface area contributed by atoms with Gasteiger partial charge in [0.05, 0.1) is 12.2 Å². The van der Waals surface area contributed by atoms with Crippen LogP contribution in [0.3, 0.4) is 0 Å². The van der Waals surface area contributed by atoms with Gasteiger partial charge in [-0.25, -0.2) is 4.79 Å². The lowest BCUT2D eigenvalue weighted by Gasteiger charge is -2.02. The normalized spacial score (nSPS) is 11.2. The number of aromatic nitrogens is 5. The maximum absolute atomic E-state index is 12.3. The van der Waals surface area contributed by atoms with Crippen molar-refractivity contribution < 1.29 is 9.53 Å². The first-order valence-corrected chi connectivity index (χ1v) is 10.4. The maximum atomic E-state index is 12.3. The number of carbonyl (C=O) groups is 1. The van der Waals surface area contributed by atoms with Crippen LogP contribution in [0.2, 0.25) is 0 Å². The third-order valence-electron chi connectivity index (χ3n) is 5.23. The summed E-state index contributed by atoms with van der Waals surface area (Å²) in [5.41, 5.74) is 4.98. The van der Waals surface area contributed by atoms with Crippen molar-refractivity contribution in [1.82, 2.24) is 24.5 Å². The molecule has 0 amide bonds. The van der Waals surface area contributed by atoms with Crippen molar-refractivity contribution >= 4 is 12.0 Å². The Morgan fingerprint density at radius 1 is 1.03 bits per heavy atom. The van der Waals surface area contributed by atoms with Gasteiger partial charge in [-0.05, 0) is 25.5 Å². The summed E-state index contributed by atoms with van der Waals surface area (Å²) in [6, 6.07) is 18.3. The molecule has 0 fully saturated rings. The minimum absolute atomic E-state index is 0.0681. The van der Waals surface area contributed by atoms with E-state index in [0.29, 0.717) is 12.4 Å². The summed E-state index contributed by atoms with van der Waals surface area (Å²) in [5.74, 6) is 0.914. The Morgan fingerprint density at radius 3 is 2.47 bits per heavy atom. The Labute approximate surface area is 187 Å². The molecule has 0 atom stereocenters. The van der Waals surface area contributed by atoms with Crippen LogP contribution in [0.15, 0.2) is 66.9 Å². The number of rotatable bonds is 7. The molecule has 32 heavy (non-hydrogen) atoms. The molecule has 2 aromatic heterocycles. The molecule has 0 radical (unpaired) electrons. The summed E-state index contributed by atoms with van der Waals surface area (Å²) >= 11 is 0. The fourth-order valence-corrected chi connectivity index (χ4v) is 3.26. The van der Waals surface area contributed by atoms with Crippen LogP contribution in [-0.2, 0) is 29.7 Å². The average molecular weight is 428 g/mol. The highest BCUT2D eigenvalue weighted by atomic mass is 16.5. The maximum Gasteiger partial charge on any atom is 0.331 e. The standard InChI is InChI=1S/C25H25N5O2/c1-18-9-11-21(12-10-18)25-22(16-30(28-25)15-20-7-5-4-6-8-20)13-14-24(31)32-17-23-27-26-19(2)29(23)3/h4-14,16H,15,17H2,1-3H3/b14-13+. The molecule has 4 aromatic rings. The molecule has 2 heterocycles. The van der Waals surface area contributed by atoms with E-state index in [2.05, 4.69) is 34.5 Å². The highest BCUT2D eigenvalue weighted by Gasteiger charge is 2.11. The summed E-state index contributed by atoms with van der Waals surface area (Å²) in [4.78, 5) is 12.3. The number of hydrogen-bond acceptors (Lipinski definition) is 5. The second kappa shape index (κ2) is 9.43. The first-order chi connectivity index (χ1) is 15.5. The van der Waals surface area contributed by atoms with Gasteiger partial charge in [0.2, 0.25) is 0 Å². The van der Waals surface area contributed by atoms with Crippen LogP contribution >= 0.6 is 0 Å². The summed E-state index contributed by atoms with van der Waals surface area (Å²) in [7, 11) is 1.84. The monoisotopic (exact) mass is 427 g/mol. The minimum atomic E-state index is -0.448. The number of benzene rings is 2. The molecule has 0 saturated carbocycles. The topological polar surface area (TPSA) is 74.8 Å². The minimum Gasteiger partial charge on any atom is -0.454 e. The molecule has 7 nitrogen and oxygen atoms in total. The molecule has 0 aliphatic carbocycles. The molecule has 0 aliphatic rings. The molecule has 0 bridgehead atoms. The second-order valence-electron chi connectivity index (χ2n) is 7.65. The van der Waals surface area contributed by atoms with Crippen molar-refractivity contribution in [2.75, 3.05) is 0 Å². The van der Waals surface area contributed by atoms with Gasteiger partial charge >= 0.3 is 5.97 Å². The zero-order valence-corrected chi connectivity index (χ0v) is 18.4. The molecule has 0 spiro atoms. The Balaban J connectivity index is 1.54. The lowest BCUT2D eigenvalue weighted by atomic mass is 10.1. The molecule has 7 heteroatoms. The van der Waals surface area contributed by atoms with Gasteiger partial charge in [-0.1, -0.05) is 60.2 Å². The lowest BCUT2D eigenvalue weighted by molar-refractivity contribution is -0.139. The third kappa shape index (κ3) is 5.00. The van der Waals surface area contributed by atoms with Crippen LogP contribution in [0, 0.1) is 13.8 Å². The van der Waals surface area contributed by atoms with Gasteiger partial charge in [0.15, 0.2) is 12.4 Å². The van der Waals surface area contributed by atoms with Crippen molar-refractivity contribution in [2.24, 2.45) is 7.05 Å². The van der Waals surface area contributed by atoms with Crippen molar-refractivity contribution in [3.63, 3.8) is 0 Å². The van der Waals surface area contributed by atoms with E-state index in [4.69, 9.17) is 9.84 Å². The van der Waals surface area contributed by atoms with Crippen molar-refractivity contribution in [3.8, 4) is 11.3 Å². The van der Waals surface area contributed by atoms with Gasteiger partial charge in [0.1, 0.15) is 5.82 Å². The summed E-state index contributed by atoms with van der Waals surface area (Å²) in [5, 5.41) is 12.8. The highest BCUT2D eigenvalue weighted by Crippen LogP contribution is 2.24. The Morgan fingerprint density at radius 2 is 1.78 bits per heavy atom. The summed E-state index contributed by atoms with van der Waals surface area (Å²) in [6.45, 7) is 4.60. The Hall–Kier alpha value is -4.00. The van der Waals surface area contributed by atoms with Crippen LogP contribution in [0.1, 0.15) is 28.3 Å². The van der Waals surface area contributed by atoms with E-state index < -0.39 is 5.97 Å². The first-order valence-electron chi connectivity index (χ1n) is 10.4. The van der Waals surface area contributed by atoms with E-state index >= 15 is 0 Å². The van der Waals surface area contributed by atoms with Gasteiger partial charge in [0.25, 0.3) is 0 Å². The SMILES string of the molecule is Cc1ccc(-c2nn(Cc3ccccc3)cc2/C=C/C(=O)OCc2nnc(C)n2C)cc1. The molecule has 4 rings (SSSR count). The van der Waals surface area contributed by atoms with Crippen LogP contribution in [0.5, 0.6) is 0 Å². The second-order valence-corrected chi connectivity index (χ2v) is 7.65. The quantitative estimate of drug-likeness (QED) is 0.328. The number of ether oxygens (including phenoxy) is 1. The molecule has 162 valence electrons. The fraction of sp³-hybridized carbons (Fsp3) is 0.200. The van der Waals surface area contributed by atoms with Crippen molar-refractivity contribution in [3.05, 3.63) is 95.2 Å². The summed E-state index contributed by atoms with van der Waals surface area (Å²) in [6.07, 6.45) is 5.11. The zero-order chi connectivity index (χ0) is 22.5. The smallest absolute Gasteiger partial charge is 0.331 e. The lowest BCUT2D eigenvalue weighted by Crippen LogP contribution is -2.06. The molecule has 2 aromatic carbocycles. The van der Waals surface area contributed by atoms with E-state index in [9.17, 15) is 4.79 Å². The van der Waals surface area contributed by atoms with Crippen molar-refractivity contribution in [1.29, 1.82) is 0 Å². The van der Waals surface area contributed by atoms with Gasteiger partial charge in [-0.3, -0.25) is 4.68 Å². The predicted octanol–water partition coefficient (Wildman–Crippen LogP) is 4.10. The Kier molecular flexibility index (Phi) is 6.26. The largest absolute Gasteiger partial charge is 0.454 e. The van der Waals surface area contributed by atoms with Gasteiger partial charge in [-0.15, -0.1) is 10.2 Å². The molecular formula is C25H25N5O2. The van der Waals surface area contributed by atoms with Crippen LogP contribution in [-0.4, -0.2) is 30.5 Å². The van der Waals surface area contributed by atoms with Gasteiger partial charge in [0, 0.05) is 30.4 Å². The van der Waals surface area contributed by atoms with Crippen LogP contribution < -0.4 is 0 Å². The number of carbonyl (C=O) groups excluding carboxylic acids is 1. The van der Waals surface area contributed by atoms with Crippen molar-refractivity contribution in [2.45, 2.75) is 27.0 Å². The first kappa shape index (κ1) is 21.2. The molecular weight excluding hydrogens is 402 g/mol. The predicted molar refractivity (Wildman–Crippen MR) is 123 cm³/mol. The zero-order valence-electron chi connectivity index (χ0n) is 18.4. The van der Waals surface area contributed by atoms with E-state index in [0.717, 1.165) is 28.2 Å². The molecule has 0 N–H and O–H groups in total. The van der Waals surface area contributed by atoms with Crippen LogP contribution in [0.25, 0.3) is 17.3 Å².